The number of carboxylic acids is 1. The van der Waals surface area contributed by atoms with Gasteiger partial charge in [-0.1, -0.05) is 22.0 Å². The Bertz CT molecular complexity index is 570. The summed E-state index contributed by atoms with van der Waals surface area (Å²) in [5, 5.41) is 11.4. The van der Waals surface area contributed by atoms with Crippen LogP contribution in [0.3, 0.4) is 0 Å². The van der Waals surface area contributed by atoms with Gasteiger partial charge in [-0.05, 0) is 31.5 Å². The lowest BCUT2D eigenvalue weighted by Gasteiger charge is -2.47. The molecule has 2 rings (SSSR count). The number of hydrogen-bond acceptors (Lipinski definition) is 3. The van der Waals surface area contributed by atoms with Crippen molar-refractivity contribution in [3.63, 3.8) is 0 Å². The number of anilines is 1. The van der Waals surface area contributed by atoms with Crippen molar-refractivity contribution in [3.8, 4) is 0 Å². The van der Waals surface area contributed by atoms with Gasteiger partial charge in [0.25, 0.3) is 0 Å². The molecule has 1 fully saturated rings. The molecule has 0 spiro atoms. The fourth-order valence-corrected chi connectivity index (χ4v) is 2.52. The summed E-state index contributed by atoms with van der Waals surface area (Å²) in [6, 6.07) is 5.45. The lowest BCUT2D eigenvalue weighted by Crippen LogP contribution is -2.64. The minimum atomic E-state index is -1.01. The van der Waals surface area contributed by atoms with Gasteiger partial charge in [0.1, 0.15) is 12.2 Å². The molecule has 114 valence electrons. The maximum atomic E-state index is 12.1. The first-order chi connectivity index (χ1) is 9.79. The predicted molar refractivity (Wildman–Crippen MR) is 81.5 cm³/mol. The molecule has 1 aromatic rings. The van der Waals surface area contributed by atoms with Crippen LogP contribution in [0.25, 0.3) is 0 Å². The fourth-order valence-electron chi connectivity index (χ4n) is 2.16. The number of carboxylic acid groups (broad SMARTS) is 1. The van der Waals surface area contributed by atoms with Gasteiger partial charge in [-0.25, -0.2) is 9.59 Å². The highest BCUT2D eigenvalue weighted by Gasteiger charge is 2.42. The number of carbonyl (C=O) groups is 2. The maximum Gasteiger partial charge on any atom is 0.329 e. The maximum absolute atomic E-state index is 12.1. The van der Waals surface area contributed by atoms with Gasteiger partial charge in [-0.2, -0.15) is 0 Å². The molecule has 21 heavy (non-hydrogen) atoms. The highest BCUT2D eigenvalue weighted by molar-refractivity contribution is 9.10. The van der Waals surface area contributed by atoms with Crippen molar-refractivity contribution < 1.29 is 19.4 Å². The number of nitrogens with zero attached hydrogens (tertiary/aromatic N) is 1. The van der Waals surface area contributed by atoms with Crippen molar-refractivity contribution in [1.82, 2.24) is 4.90 Å². The molecule has 2 amide bonds. The summed E-state index contributed by atoms with van der Waals surface area (Å²) in [7, 11) is 0. The molecule has 1 aliphatic heterocycles. The first-order valence-electron chi connectivity index (χ1n) is 6.47. The number of hydrogen-bond donors (Lipinski definition) is 2. The van der Waals surface area contributed by atoms with Gasteiger partial charge >= 0.3 is 12.0 Å². The molecule has 0 atom stereocenters. The minimum Gasteiger partial charge on any atom is -0.480 e. The summed E-state index contributed by atoms with van der Waals surface area (Å²) in [4.78, 5) is 24.2. The Balaban J connectivity index is 1.89. The Morgan fingerprint density at radius 1 is 1.48 bits per heavy atom. The van der Waals surface area contributed by atoms with Crippen LogP contribution in [0.15, 0.2) is 22.7 Å². The molecule has 0 unspecified atom stereocenters. The summed E-state index contributed by atoms with van der Waals surface area (Å²) in [6.45, 7) is 4.11. The number of likely N-dealkylation sites (tertiary alicyclic amines) is 1. The summed E-state index contributed by atoms with van der Waals surface area (Å²) < 4.78 is 6.16. The standard InChI is InChI=1S/C14H17BrN2O4/c1-9-3-4-10(15)5-11(9)16-13(20)17-7-14(2,8-17)21-6-12(18)19/h3-5H,6-8H2,1-2H3,(H,16,20)(H,18,19). The van der Waals surface area contributed by atoms with Crippen LogP contribution in [0, 0.1) is 6.92 Å². The van der Waals surface area contributed by atoms with Crippen LogP contribution < -0.4 is 5.32 Å². The van der Waals surface area contributed by atoms with Crippen molar-refractivity contribution in [2.75, 3.05) is 25.0 Å². The van der Waals surface area contributed by atoms with E-state index in [-0.39, 0.29) is 12.6 Å². The van der Waals surface area contributed by atoms with Crippen LogP contribution >= 0.6 is 15.9 Å². The number of ether oxygens (including phenoxy) is 1. The van der Waals surface area contributed by atoms with Gasteiger partial charge in [0.2, 0.25) is 0 Å². The third-order valence-electron chi connectivity index (χ3n) is 3.32. The molecule has 7 heteroatoms. The van der Waals surface area contributed by atoms with Gasteiger partial charge in [-0.3, -0.25) is 0 Å². The number of carbonyl (C=O) groups excluding carboxylic acids is 1. The summed E-state index contributed by atoms with van der Waals surface area (Å²) in [6.07, 6.45) is 0. The zero-order valence-electron chi connectivity index (χ0n) is 11.9. The van der Waals surface area contributed by atoms with E-state index in [1.807, 2.05) is 25.1 Å². The number of aliphatic carboxylic acids is 1. The topological polar surface area (TPSA) is 78.9 Å². The summed E-state index contributed by atoms with van der Waals surface area (Å²) in [5.41, 5.74) is 1.13. The largest absolute Gasteiger partial charge is 0.480 e. The first kappa shape index (κ1) is 15.8. The van der Waals surface area contributed by atoms with Gasteiger partial charge in [0.15, 0.2) is 0 Å². The molecule has 0 radical (unpaired) electrons. The van der Waals surface area contributed by atoms with Crippen LogP contribution in [0.5, 0.6) is 0 Å². The Labute approximate surface area is 131 Å². The molecule has 0 aromatic heterocycles. The van der Waals surface area contributed by atoms with Crippen molar-refractivity contribution in [3.05, 3.63) is 28.2 Å². The van der Waals surface area contributed by atoms with Crippen LogP contribution in [-0.4, -0.2) is 47.3 Å². The minimum absolute atomic E-state index is 0.215. The van der Waals surface area contributed by atoms with E-state index in [1.54, 1.807) is 11.8 Å². The van der Waals surface area contributed by atoms with E-state index < -0.39 is 11.6 Å². The molecule has 0 bridgehead atoms. The Hall–Kier alpha value is -1.60. The van der Waals surface area contributed by atoms with Crippen molar-refractivity contribution in [2.45, 2.75) is 19.4 Å². The van der Waals surface area contributed by atoms with Crippen LogP contribution in [-0.2, 0) is 9.53 Å². The van der Waals surface area contributed by atoms with Gasteiger partial charge in [0, 0.05) is 10.2 Å². The summed E-state index contributed by atoms with van der Waals surface area (Å²) >= 11 is 3.37. The zero-order valence-corrected chi connectivity index (χ0v) is 13.4. The fraction of sp³-hybridized carbons (Fsp3) is 0.429. The molecule has 1 aliphatic rings. The quantitative estimate of drug-likeness (QED) is 0.868. The van der Waals surface area contributed by atoms with E-state index in [1.165, 1.54) is 0 Å². The number of urea groups is 1. The molecule has 2 N–H and O–H groups in total. The second-order valence-corrected chi connectivity index (χ2v) is 6.29. The van der Waals surface area contributed by atoms with E-state index >= 15 is 0 Å². The van der Waals surface area contributed by atoms with Crippen LogP contribution in [0.4, 0.5) is 10.5 Å². The predicted octanol–water partition coefficient (Wildman–Crippen LogP) is 2.46. The number of aryl methyl sites for hydroxylation is 1. The van der Waals surface area contributed by atoms with E-state index in [0.717, 1.165) is 15.7 Å². The van der Waals surface area contributed by atoms with Crippen LogP contribution in [0.2, 0.25) is 0 Å². The smallest absolute Gasteiger partial charge is 0.329 e. The Morgan fingerprint density at radius 3 is 2.76 bits per heavy atom. The van der Waals surface area contributed by atoms with Crippen molar-refractivity contribution in [1.29, 1.82) is 0 Å². The first-order valence-corrected chi connectivity index (χ1v) is 7.26. The normalized spacial score (nSPS) is 16.2. The van der Waals surface area contributed by atoms with Crippen molar-refractivity contribution >= 4 is 33.6 Å². The highest BCUT2D eigenvalue weighted by Crippen LogP contribution is 2.26. The summed E-state index contributed by atoms with van der Waals surface area (Å²) in [5.74, 6) is -1.01. The van der Waals surface area contributed by atoms with Gasteiger partial charge in [0.05, 0.1) is 13.1 Å². The third kappa shape index (κ3) is 3.95. The van der Waals surface area contributed by atoms with E-state index in [2.05, 4.69) is 21.2 Å². The molecular weight excluding hydrogens is 340 g/mol. The number of rotatable bonds is 4. The number of amides is 2. The monoisotopic (exact) mass is 356 g/mol. The number of halogens is 1. The molecule has 1 heterocycles. The SMILES string of the molecule is Cc1ccc(Br)cc1NC(=O)N1CC(C)(OCC(=O)O)C1. The van der Waals surface area contributed by atoms with Gasteiger partial charge < -0.3 is 20.1 Å². The second-order valence-electron chi connectivity index (χ2n) is 5.38. The number of benzene rings is 1. The highest BCUT2D eigenvalue weighted by atomic mass is 79.9. The van der Waals surface area contributed by atoms with Crippen molar-refractivity contribution in [2.24, 2.45) is 0 Å². The Kier molecular flexibility index (Phi) is 4.53. The molecule has 0 saturated carbocycles. The average Bonchev–Trinajstić information content (AvgIpc) is 2.37. The van der Waals surface area contributed by atoms with E-state index in [9.17, 15) is 9.59 Å². The molecule has 0 aliphatic carbocycles. The third-order valence-corrected chi connectivity index (χ3v) is 3.82. The number of nitrogens with one attached hydrogen (secondary N) is 1. The Morgan fingerprint density at radius 2 is 2.14 bits per heavy atom. The molecule has 6 nitrogen and oxygen atoms in total. The lowest BCUT2D eigenvalue weighted by molar-refractivity contribution is -0.159. The molecular formula is C14H17BrN2O4. The lowest BCUT2D eigenvalue weighted by atomic mass is 9.97. The van der Waals surface area contributed by atoms with E-state index in [0.29, 0.717) is 13.1 Å². The average molecular weight is 357 g/mol. The molecule has 1 aromatic carbocycles. The van der Waals surface area contributed by atoms with Gasteiger partial charge in [-0.15, -0.1) is 0 Å². The zero-order chi connectivity index (χ0) is 15.6. The van der Waals surface area contributed by atoms with E-state index in [4.69, 9.17) is 9.84 Å². The second kappa shape index (κ2) is 6.03. The van der Waals surface area contributed by atoms with Crippen LogP contribution in [0.1, 0.15) is 12.5 Å². The molecule has 1 saturated heterocycles.